The molecule has 16 heavy (non-hydrogen) atoms. The lowest BCUT2D eigenvalue weighted by molar-refractivity contribution is 0.0929. The van der Waals surface area contributed by atoms with Gasteiger partial charge in [-0.15, -0.1) is 0 Å². The quantitative estimate of drug-likeness (QED) is 0.906. The van der Waals surface area contributed by atoms with E-state index in [4.69, 9.17) is 5.26 Å². The number of benzene rings is 1. The first-order chi connectivity index (χ1) is 7.34. The number of aryl methyl sites for hydroxylation is 1. The van der Waals surface area contributed by atoms with Crippen LogP contribution in [0.3, 0.4) is 0 Å². The standard InChI is InChI=1S/C12H13BrN2O/c1-8-4-9(6-10(13)5-8)11(16)15-12(2,3)7-14/h4-6H,1-3H3,(H,15,16). The number of hydrogen-bond acceptors (Lipinski definition) is 2. The lowest BCUT2D eigenvalue weighted by Gasteiger charge is -2.17. The molecule has 0 spiro atoms. The smallest absolute Gasteiger partial charge is 0.252 e. The zero-order valence-corrected chi connectivity index (χ0v) is 11.1. The molecule has 1 aromatic rings. The van der Waals surface area contributed by atoms with Crippen molar-refractivity contribution in [2.24, 2.45) is 0 Å². The molecule has 1 aromatic carbocycles. The highest BCUT2D eigenvalue weighted by atomic mass is 79.9. The molecule has 84 valence electrons. The van der Waals surface area contributed by atoms with Gasteiger partial charge < -0.3 is 5.32 Å². The third-order valence-electron chi connectivity index (χ3n) is 2.01. The third-order valence-corrected chi connectivity index (χ3v) is 2.47. The van der Waals surface area contributed by atoms with Crippen molar-refractivity contribution >= 4 is 21.8 Å². The number of hydrogen-bond donors (Lipinski definition) is 1. The summed E-state index contributed by atoms with van der Waals surface area (Å²) in [5.74, 6) is -0.240. The molecular weight excluding hydrogens is 268 g/mol. The van der Waals surface area contributed by atoms with Crippen LogP contribution in [0, 0.1) is 18.3 Å². The SMILES string of the molecule is Cc1cc(Br)cc(C(=O)NC(C)(C)C#N)c1. The van der Waals surface area contributed by atoms with Crippen LogP contribution in [-0.2, 0) is 0 Å². The fourth-order valence-electron chi connectivity index (χ4n) is 1.25. The van der Waals surface area contributed by atoms with Gasteiger partial charge in [0.1, 0.15) is 5.54 Å². The highest BCUT2D eigenvalue weighted by molar-refractivity contribution is 9.10. The summed E-state index contributed by atoms with van der Waals surface area (Å²) in [6.45, 7) is 5.24. The van der Waals surface area contributed by atoms with Crippen molar-refractivity contribution in [3.63, 3.8) is 0 Å². The first-order valence-electron chi connectivity index (χ1n) is 4.85. The van der Waals surface area contributed by atoms with E-state index in [1.807, 2.05) is 19.1 Å². The number of amides is 1. The van der Waals surface area contributed by atoms with E-state index in [2.05, 4.69) is 21.2 Å². The minimum atomic E-state index is -0.854. The van der Waals surface area contributed by atoms with Crippen LogP contribution < -0.4 is 5.32 Å². The van der Waals surface area contributed by atoms with Gasteiger partial charge in [-0.05, 0) is 44.5 Å². The molecule has 0 bridgehead atoms. The number of nitrogens with zero attached hydrogens (tertiary/aromatic N) is 1. The zero-order chi connectivity index (χ0) is 12.3. The average molecular weight is 281 g/mol. The molecule has 0 aliphatic rings. The minimum absolute atomic E-state index is 0.240. The predicted octanol–water partition coefficient (Wildman–Crippen LogP) is 2.79. The van der Waals surface area contributed by atoms with E-state index in [-0.39, 0.29) is 5.91 Å². The Morgan fingerprint density at radius 2 is 2.06 bits per heavy atom. The van der Waals surface area contributed by atoms with Crippen molar-refractivity contribution in [3.05, 3.63) is 33.8 Å². The summed E-state index contributed by atoms with van der Waals surface area (Å²) in [6.07, 6.45) is 0. The first-order valence-corrected chi connectivity index (χ1v) is 5.64. The van der Waals surface area contributed by atoms with Gasteiger partial charge in [-0.2, -0.15) is 5.26 Å². The van der Waals surface area contributed by atoms with Gasteiger partial charge in [0.25, 0.3) is 5.91 Å². The maximum absolute atomic E-state index is 11.8. The molecule has 0 unspecified atom stereocenters. The van der Waals surface area contributed by atoms with Crippen LogP contribution in [-0.4, -0.2) is 11.4 Å². The fourth-order valence-corrected chi connectivity index (χ4v) is 1.86. The van der Waals surface area contributed by atoms with Gasteiger partial charge in [0.15, 0.2) is 0 Å². The van der Waals surface area contributed by atoms with Gasteiger partial charge in [-0.3, -0.25) is 4.79 Å². The summed E-state index contributed by atoms with van der Waals surface area (Å²) >= 11 is 3.33. The second-order valence-corrected chi connectivity index (χ2v) is 5.12. The molecule has 1 N–H and O–H groups in total. The molecule has 0 heterocycles. The maximum Gasteiger partial charge on any atom is 0.252 e. The van der Waals surface area contributed by atoms with E-state index < -0.39 is 5.54 Å². The summed E-state index contributed by atoms with van der Waals surface area (Å²) in [5.41, 5.74) is 0.692. The van der Waals surface area contributed by atoms with Crippen molar-refractivity contribution in [3.8, 4) is 6.07 Å². The van der Waals surface area contributed by atoms with Gasteiger partial charge in [0.05, 0.1) is 6.07 Å². The number of halogens is 1. The summed E-state index contributed by atoms with van der Waals surface area (Å²) < 4.78 is 0.854. The van der Waals surface area contributed by atoms with Crippen molar-refractivity contribution in [1.29, 1.82) is 5.26 Å². The highest BCUT2D eigenvalue weighted by Crippen LogP contribution is 2.16. The molecule has 1 amide bonds. The number of carbonyl (C=O) groups is 1. The third kappa shape index (κ3) is 3.35. The molecule has 3 nitrogen and oxygen atoms in total. The van der Waals surface area contributed by atoms with Gasteiger partial charge in [-0.25, -0.2) is 0 Å². The Bertz CT molecular complexity index is 440. The van der Waals surface area contributed by atoms with Crippen LogP contribution in [0.25, 0.3) is 0 Å². The van der Waals surface area contributed by atoms with Crippen molar-refractivity contribution in [2.45, 2.75) is 26.3 Å². The van der Waals surface area contributed by atoms with Crippen LogP contribution in [0.5, 0.6) is 0 Å². The lowest BCUT2D eigenvalue weighted by atomic mass is 10.1. The molecule has 1 rings (SSSR count). The Morgan fingerprint density at radius 3 is 2.56 bits per heavy atom. The Kier molecular flexibility index (Phi) is 3.71. The van der Waals surface area contributed by atoms with E-state index in [0.717, 1.165) is 10.0 Å². The molecular formula is C12H13BrN2O. The topological polar surface area (TPSA) is 52.9 Å². The van der Waals surface area contributed by atoms with Gasteiger partial charge in [0.2, 0.25) is 0 Å². The molecule has 0 aliphatic heterocycles. The van der Waals surface area contributed by atoms with Gasteiger partial charge >= 0.3 is 0 Å². The van der Waals surface area contributed by atoms with Crippen LogP contribution in [0.1, 0.15) is 29.8 Å². The van der Waals surface area contributed by atoms with Gasteiger partial charge in [0, 0.05) is 10.0 Å². The van der Waals surface area contributed by atoms with Crippen molar-refractivity contribution in [1.82, 2.24) is 5.32 Å². The molecule has 0 atom stereocenters. The van der Waals surface area contributed by atoms with E-state index >= 15 is 0 Å². The molecule has 0 saturated carbocycles. The summed E-state index contributed by atoms with van der Waals surface area (Å²) in [7, 11) is 0. The second kappa shape index (κ2) is 4.67. The van der Waals surface area contributed by atoms with Crippen LogP contribution in [0.4, 0.5) is 0 Å². The Hall–Kier alpha value is -1.34. The lowest BCUT2D eigenvalue weighted by Crippen LogP contribution is -2.42. The van der Waals surface area contributed by atoms with Crippen LogP contribution >= 0.6 is 15.9 Å². The van der Waals surface area contributed by atoms with Crippen LogP contribution in [0.2, 0.25) is 0 Å². The molecule has 0 aliphatic carbocycles. The monoisotopic (exact) mass is 280 g/mol. The molecule has 0 fully saturated rings. The second-order valence-electron chi connectivity index (χ2n) is 4.21. The predicted molar refractivity (Wildman–Crippen MR) is 66.0 cm³/mol. The van der Waals surface area contributed by atoms with Gasteiger partial charge in [-0.1, -0.05) is 15.9 Å². The molecule has 0 aromatic heterocycles. The van der Waals surface area contributed by atoms with E-state index in [9.17, 15) is 4.79 Å². The zero-order valence-electron chi connectivity index (χ0n) is 9.47. The average Bonchev–Trinajstić information content (AvgIpc) is 2.15. The highest BCUT2D eigenvalue weighted by Gasteiger charge is 2.20. The molecule has 4 heteroatoms. The van der Waals surface area contributed by atoms with E-state index in [1.54, 1.807) is 26.0 Å². The number of rotatable bonds is 2. The Morgan fingerprint density at radius 1 is 1.44 bits per heavy atom. The van der Waals surface area contributed by atoms with Crippen molar-refractivity contribution < 1.29 is 4.79 Å². The minimum Gasteiger partial charge on any atom is -0.334 e. The summed E-state index contributed by atoms with van der Waals surface area (Å²) in [4.78, 5) is 11.8. The number of carbonyl (C=O) groups excluding carboxylic acids is 1. The normalized spacial score (nSPS) is 10.7. The first kappa shape index (κ1) is 12.7. The molecule has 0 saturated heterocycles. The Balaban J connectivity index is 2.94. The number of nitriles is 1. The summed E-state index contributed by atoms with van der Waals surface area (Å²) in [5, 5.41) is 11.5. The van der Waals surface area contributed by atoms with E-state index in [1.165, 1.54) is 0 Å². The van der Waals surface area contributed by atoms with Crippen LogP contribution in [0.15, 0.2) is 22.7 Å². The maximum atomic E-state index is 11.8. The van der Waals surface area contributed by atoms with Crippen molar-refractivity contribution in [2.75, 3.05) is 0 Å². The van der Waals surface area contributed by atoms with E-state index in [0.29, 0.717) is 5.56 Å². The number of nitrogens with one attached hydrogen (secondary N) is 1. The molecule has 0 radical (unpaired) electrons. The Labute approximate surface area is 104 Å². The fraction of sp³-hybridized carbons (Fsp3) is 0.333. The summed E-state index contributed by atoms with van der Waals surface area (Å²) in [6, 6.07) is 7.47. The largest absolute Gasteiger partial charge is 0.334 e.